The number of nitrogens with zero attached hydrogens (tertiary/aromatic N) is 2. The first-order valence-corrected chi connectivity index (χ1v) is 14.5. The molecule has 2 heterocycles. The van der Waals surface area contributed by atoms with E-state index >= 15 is 0 Å². The molecule has 8 heteroatoms. The maximum absolute atomic E-state index is 13.0. The van der Waals surface area contributed by atoms with Crippen LogP contribution in [0.15, 0.2) is 60.7 Å². The van der Waals surface area contributed by atoms with Gasteiger partial charge in [0.05, 0.1) is 11.1 Å². The van der Waals surface area contributed by atoms with Gasteiger partial charge in [0, 0.05) is 37.6 Å². The minimum atomic E-state index is -4.38. The first kappa shape index (κ1) is 29.8. The number of rotatable bonds is 6. The van der Waals surface area contributed by atoms with Crippen molar-refractivity contribution in [2.45, 2.75) is 50.9 Å². The van der Waals surface area contributed by atoms with Gasteiger partial charge in [-0.2, -0.15) is 26.3 Å². The molecule has 0 aromatic heterocycles. The molecule has 2 nitrogen and oxygen atoms in total. The highest BCUT2D eigenvalue weighted by Gasteiger charge is 2.30. The van der Waals surface area contributed by atoms with E-state index in [1.165, 1.54) is 37.1 Å². The zero-order chi connectivity index (χ0) is 29.7. The Bertz CT molecular complexity index is 1280. The van der Waals surface area contributed by atoms with Gasteiger partial charge in [0.2, 0.25) is 0 Å². The van der Waals surface area contributed by atoms with Gasteiger partial charge in [-0.1, -0.05) is 48.6 Å². The van der Waals surface area contributed by atoms with E-state index < -0.39 is 23.5 Å². The molecule has 0 radical (unpaired) electrons. The van der Waals surface area contributed by atoms with E-state index in [1.54, 1.807) is 0 Å². The molecular formula is C34H34F6N2. The fourth-order valence-corrected chi connectivity index (χ4v) is 5.63. The van der Waals surface area contributed by atoms with Gasteiger partial charge < -0.3 is 9.80 Å². The second kappa shape index (κ2) is 12.7. The normalized spacial score (nSPS) is 17.0. The van der Waals surface area contributed by atoms with Crippen LogP contribution in [-0.2, 0) is 12.4 Å². The van der Waals surface area contributed by atoms with Crippen molar-refractivity contribution >= 4 is 35.7 Å². The third-order valence-electron chi connectivity index (χ3n) is 7.96. The number of anilines is 2. The molecule has 42 heavy (non-hydrogen) atoms. The number of halogens is 6. The zero-order valence-electron chi connectivity index (χ0n) is 23.3. The summed E-state index contributed by atoms with van der Waals surface area (Å²) in [4.78, 5) is 4.71. The van der Waals surface area contributed by atoms with Crippen LogP contribution in [0, 0.1) is 0 Å². The molecule has 3 aromatic rings. The van der Waals surface area contributed by atoms with Gasteiger partial charge >= 0.3 is 12.4 Å². The molecule has 2 fully saturated rings. The van der Waals surface area contributed by atoms with E-state index in [2.05, 4.69) is 21.9 Å². The van der Waals surface area contributed by atoms with Crippen molar-refractivity contribution in [2.24, 2.45) is 0 Å². The Morgan fingerprint density at radius 2 is 0.786 bits per heavy atom. The molecule has 0 N–H and O–H groups in total. The van der Waals surface area contributed by atoms with E-state index in [-0.39, 0.29) is 0 Å². The number of alkyl halides is 6. The molecule has 5 rings (SSSR count). The summed E-state index contributed by atoms with van der Waals surface area (Å²) >= 11 is 0. The number of hydrogen-bond acceptors (Lipinski definition) is 2. The van der Waals surface area contributed by atoms with Crippen LogP contribution in [0.3, 0.4) is 0 Å². The number of benzene rings is 3. The Hall–Kier alpha value is -3.68. The van der Waals surface area contributed by atoms with Crippen molar-refractivity contribution in [3.63, 3.8) is 0 Å². The van der Waals surface area contributed by atoms with Crippen molar-refractivity contribution in [3.8, 4) is 0 Å². The van der Waals surface area contributed by atoms with Crippen LogP contribution < -0.4 is 9.80 Å². The number of hydrogen-bond donors (Lipinski definition) is 0. The summed E-state index contributed by atoms with van der Waals surface area (Å²) in [6.45, 7) is 3.64. The van der Waals surface area contributed by atoms with Crippen LogP contribution in [0.25, 0.3) is 24.3 Å². The van der Waals surface area contributed by atoms with Crippen LogP contribution in [0.1, 0.15) is 71.9 Å². The minimum absolute atomic E-state index is 0.676. The first-order chi connectivity index (χ1) is 20.1. The Morgan fingerprint density at radius 3 is 1.10 bits per heavy atom. The lowest BCUT2D eigenvalue weighted by Crippen LogP contribution is -2.32. The molecule has 2 saturated heterocycles. The molecule has 0 saturated carbocycles. The van der Waals surface area contributed by atoms with E-state index in [9.17, 15) is 26.3 Å². The van der Waals surface area contributed by atoms with Crippen LogP contribution in [0.4, 0.5) is 37.7 Å². The smallest absolute Gasteiger partial charge is 0.371 e. The average Bonchev–Trinajstić information content (AvgIpc) is 2.99. The van der Waals surface area contributed by atoms with E-state index in [1.807, 2.05) is 24.3 Å². The minimum Gasteiger partial charge on any atom is -0.371 e. The Balaban J connectivity index is 1.53. The van der Waals surface area contributed by atoms with Crippen molar-refractivity contribution in [2.75, 3.05) is 36.0 Å². The molecule has 0 aliphatic carbocycles. The molecule has 222 valence electrons. The Labute approximate surface area is 243 Å². The lowest BCUT2D eigenvalue weighted by molar-refractivity contribution is -0.138. The van der Waals surface area contributed by atoms with Gasteiger partial charge in [0.1, 0.15) is 0 Å². The predicted molar refractivity (Wildman–Crippen MR) is 159 cm³/mol. The molecule has 3 aromatic carbocycles. The SMILES string of the molecule is FC(F)(F)c1ccc(/C=C/c2cc(N3CCCCC3)c(/C=C/c3ccc(C(F)(F)F)cc3)cc2N2CCCCC2)cc1. The van der Waals surface area contributed by atoms with Crippen molar-refractivity contribution in [1.29, 1.82) is 0 Å². The Kier molecular flexibility index (Phi) is 8.99. The van der Waals surface area contributed by atoms with E-state index in [4.69, 9.17) is 0 Å². The fourth-order valence-electron chi connectivity index (χ4n) is 5.63. The molecule has 2 aliphatic heterocycles. The predicted octanol–water partition coefficient (Wildman–Crippen LogP) is 10.0. The van der Waals surface area contributed by atoms with Crippen LogP contribution in [-0.4, -0.2) is 26.2 Å². The van der Waals surface area contributed by atoms with Crippen LogP contribution in [0.2, 0.25) is 0 Å². The summed E-state index contributed by atoms with van der Waals surface area (Å²) in [7, 11) is 0. The third kappa shape index (κ3) is 7.39. The second-order valence-electron chi connectivity index (χ2n) is 11.0. The maximum Gasteiger partial charge on any atom is 0.416 e. The molecule has 0 spiro atoms. The fraction of sp³-hybridized carbons (Fsp3) is 0.353. The molecule has 2 aliphatic rings. The topological polar surface area (TPSA) is 6.48 Å². The molecule has 0 bridgehead atoms. The summed E-state index contributed by atoms with van der Waals surface area (Å²) in [5.41, 5.74) is 4.08. The monoisotopic (exact) mass is 584 g/mol. The molecule has 0 atom stereocenters. The van der Waals surface area contributed by atoms with Gasteiger partial charge in [-0.25, -0.2) is 0 Å². The second-order valence-corrected chi connectivity index (χ2v) is 11.0. The van der Waals surface area contributed by atoms with Crippen molar-refractivity contribution in [1.82, 2.24) is 0 Å². The summed E-state index contributed by atoms with van der Waals surface area (Å²) in [6.07, 6.45) is 5.53. The zero-order valence-corrected chi connectivity index (χ0v) is 23.3. The van der Waals surface area contributed by atoms with Crippen LogP contribution in [0.5, 0.6) is 0 Å². The Morgan fingerprint density at radius 1 is 0.452 bits per heavy atom. The quantitative estimate of drug-likeness (QED) is 0.210. The lowest BCUT2D eigenvalue weighted by atomic mass is 9.99. The summed E-state index contributed by atoms with van der Waals surface area (Å²) in [5.74, 6) is 0. The van der Waals surface area contributed by atoms with E-state index in [0.29, 0.717) is 11.1 Å². The van der Waals surface area contributed by atoms with E-state index in [0.717, 1.165) is 98.6 Å². The van der Waals surface area contributed by atoms with Gasteiger partial charge in [0.15, 0.2) is 0 Å². The molecule has 0 amide bonds. The van der Waals surface area contributed by atoms with Gasteiger partial charge in [-0.05, 0) is 97.2 Å². The standard InChI is InChI=1S/C34H34F6N2/c35-33(36,37)29-15-9-25(10-16-29)7-13-27-24-32(42-21-5-2-6-22-42)28(23-31(27)41-19-3-1-4-20-41)14-8-26-11-17-30(18-12-26)34(38,39)40/h7-18,23-24H,1-6,19-22H2/b13-7+,14-8+. The highest BCUT2D eigenvalue weighted by Crippen LogP contribution is 2.36. The average molecular weight is 585 g/mol. The summed E-state index contributed by atoms with van der Waals surface area (Å²) < 4.78 is 78.3. The van der Waals surface area contributed by atoms with Gasteiger partial charge in [-0.15, -0.1) is 0 Å². The van der Waals surface area contributed by atoms with Crippen molar-refractivity contribution < 1.29 is 26.3 Å². The molecular weight excluding hydrogens is 550 g/mol. The molecule has 0 unspecified atom stereocenters. The highest BCUT2D eigenvalue weighted by atomic mass is 19.4. The van der Waals surface area contributed by atoms with Crippen LogP contribution >= 0.6 is 0 Å². The summed E-state index contributed by atoms with van der Waals surface area (Å²) in [6, 6.07) is 14.6. The first-order valence-electron chi connectivity index (χ1n) is 14.5. The number of piperidine rings is 2. The maximum atomic E-state index is 13.0. The third-order valence-corrected chi connectivity index (χ3v) is 7.96. The van der Waals surface area contributed by atoms with Gasteiger partial charge in [0.25, 0.3) is 0 Å². The largest absolute Gasteiger partial charge is 0.416 e. The highest BCUT2D eigenvalue weighted by molar-refractivity contribution is 5.86. The lowest BCUT2D eigenvalue weighted by Gasteiger charge is -2.34. The van der Waals surface area contributed by atoms with Gasteiger partial charge in [-0.3, -0.25) is 0 Å². The van der Waals surface area contributed by atoms with Crippen molar-refractivity contribution in [3.05, 3.63) is 94.0 Å². The summed E-state index contributed by atoms with van der Waals surface area (Å²) in [5, 5.41) is 0.